The van der Waals surface area contributed by atoms with Crippen LogP contribution in [-0.2, 0) is 4.79 Å². The molecule has 0 spiro atoms. The Morgan fingerprint density at radius 2 is 2.06 bits per heavy atom. The normalized spacial score (nSPS) is 10.4. The van der Waals surface area contributed by atoms with Crippen molar-refractivity contribution in [3.63, 3.8) is 0 Å². The fourth-order valence-electron chi connectivity index (χ4n) is 1.36. The molecule has 1 aromatic rings. The number of hydrogen-bond donors (Lipinski definition) is 2. The monoisotopic (exact) mass is 257 g/mol. The van der Waals surface area contributed by atoms with E-state index in [2.05, 4.69) is 5.32 Å². The average Bonchev–Trinajstić information content (AvgIpc) is 2.34. The van der Waals surface area contributed by atoms with E-state index in [1.807, 2.05) is 0 Å². The van der Waals surface area contributed by atoms with E-state index in [0.29, 0.717) is 6.42 Å². The van der Waals surface area contributed by atoms with Crippen molar-refractivity contribution in [3.05, 3.63) is 35.4 Å². The minimum atomic E-state index is -2.62. The van der Waals surface area contributed by atoms with Crippen molar-refractivity contribution in [2.24, 2.45) is 0 Å². The Labute approximate surface area is 103 Å². The molecular formula is C12H13F2NO3. The van der Waals surface area contributed by atoms with Crippen LogP contribution < -0.4 is 5.32 Å². The number of aliphatic carboxylic acids is 1. The van der Waals surface area contributed by atoms with Crippen molar-refractivity contribution in [3.8, 4) is 0 Å². The number of alkyl halides is 2. The molecule has 0 atom stereocenters. The number of carbonyl (C=O) groups excluding carboxylic acids is 1. The lowest BCUT2D eigenvalue weighted by Gasteiger charge is -2.06. The lowest BCUT2D eigenvalue weighted by molar-refractivity contribution is -0.137. The van der Waals surface area contributed by atoms with E-state index in [-0.39, 0.29) is 24.1 Å². The third-order valence-electron chi connectivity index (χ3n) is 2.25. The number of rotatable bonds is 6. The first-order chi connectivity index (χ1) is 8.50. The minimum Gasteiger partial charge on any atom is -0.481 e. The highest BCUT2D eigenvalue weighted by Crippen LogP contribution is 2.19. The number of halogens is 2. The van der Waals surface area contributed by atoms with Crippen molar-refractivity contribution in [1.29, 1.82) is 0 Å². The summed E-state index contributed by atoms with van der Waals surface area (Å²) in [5.74, 6) is -1.42. The molecule has 0 aromatic heterocycles. The Bertz CT molecular complexity index is 435. The standard InChI is InChI=1S/C12H13F2NO3/c13-11(14)8-3-1-4-9(7-8)12(18)15-6-2-5-10(16)17/h1,3-4,7,11H,2,5-6H2,(H,15,18)(H,16,17). The fourth-order valence-corrected chi connectivity index (χ4v) is 1.36. The summed E-state index contributed by atoms with van der Waals surface area (Å²) in [4.78, 5) is 21.8. The molecule has 2 N–H and O–H groups in total. The first kappa shape index (κ1) is 14.1. The summed E-state index contributed by atoms with van der Waals surface area (Å²) in [6.45, 7) is 0.198. The van der Waals surface area contributed by atoms with Crippen LogP contribution in [-0.4, -0.2) is 23.5 Å². The van der Waals surface area contributed by atoms with Crippen LogP contribution in [0.3, 0.4) is 0 Å². The minimum absolute atomic E-state index is 0.0443. The Morgan fingerprint density at radius 1 is 1.33 bits per heavy atom. The van der Waals surface area contributed by atoms with E-state index in [4.69, 9.17) is 5.11 Å². The van der Waals surface area contributed by atoms with Gasteiger partial charge in [0, 0.05) is 24.1 Å². The Balaban J connectivity index is 2.51. The molecule has 0 saturated carbocycles. The number of carbonyl (C=O) groups is 2. The molecule has 98 valence electrons. The number of hydrogen-bond acceptors (Lipinski definition) is 2. The van der Waals surface area contributed by atoms with E-state index in [0.717, 1.165) is 6.07 Å². The molecule has 0 fully saturated rings. The predicted molar refractivity (Wildman–Crippen MR) is 60.6 cm³/mol. The highest BCUT2D eigenvalue weighted by atomic mass is 19.3. The third kappa shape index (κ3) is 4.48. The van der Waals surface area contributed by atoms with Crippen molar-refractivity contribution in [2.45, 2.75) is 19.3 Å². The van der Waals surface area contributed by atoms with Gasteiger partial charge in [-0.1, -0.05) is 12.1 Å². The second-order valence-corrected chi connectivity index (χ2v) is 3.68. The van der Waals surface area contributed by atoms with Gasteiger partial charge in [-0.05, 0) is 18.6 Å². The summed E-state index contributed by atoms with van der Waals surface area (Å²) in [7, 11) is 0. The molecular weight excluding hydrogens is 244 g/mol. The summed E-state index contributed by atoms with van der Waals surface area (Å²) in [6, 6.07) is 5.18. The zero-order chi connectivity index (χ0) is 13.5. The largest absolute Gasteiger partial charge is 0.481 e. The Morgan fingerprint density at radius 3 is 2.67 bits per heavy atom. The third-order valence-corrected chi connectivity index (χ3v) is 2.25. The molecule has 0 unspecified atom stereocenters. The molecule has 6 heteroatoms. The van der Waals surface area contributed by atoms with Gasteiger partial charge in [0.25, 0.3) is 12.3 Å². The van der Waals surface area contributed by atoms with Gasteiger partial charge in [0.15, 0.2) is 0 Å². The molecule has 0 bridgehead atoms. The maximum Gasteiger partial charge on any atom is 0.303 e. The van der Waals surface area contributed by atoms with Crippen LogP contribution >= 0.6 is 0 Å². The van der Waals surface area contributed by atoms with Crippen LogP contribution in [0.25, 0.3) is 0 Å². The maximum absolute atomic E-state index is 12.4. The molecule has 1 aromatic carbocycles. The smallest absolute Gasteiger partial charge is 0.303 e. The van der Waals surface area contributed by atoms with E-state index >= 15 is 0 Å². The Kier molecular flexibility index (Phi) is 5.23. The summed E-state index contributed by atoms with van der Waals surface area (Å²) in [6.07, 6.45) is -2.36. The maximum atomic E-state index is 12.4. The zero-order valence-electron chi connectivity index (χ0n) is 9.53. The Hall–Kier alpha value is -1.98. The average molecular weight is 257 g/mol. The van der Waals surface area contributed by atoms with Gasteiger partial charge >= 0.3 is 5.97 Å². The molecule has 1 rings (SSSR count). The molecule has 0 aliphatic heterocycles. The van der Waals surface area contributed by atoms with E-state index < -0.39 is 18.3 Å². The molecule has 0 aliphatic carbocycles. The van der Waals surface area contributed by atoms with Crippen LogP contribution in [0.15, 0.2) is 24.3 Å². The van der Waals surface area contributed by atoms with Crippen molar-refractivity contribution < 1.29 is 23.5 Å². The number of carboxylic acids is 1. The van der Waals surface area contributed by atoms with E-state index in [9.17, 15) is 18.4 Å². The summed E-state index contributed by atoms with van der Waals surface area (Å²) in [5.41, 5.74) is -0.0729. The predicted octanol–water partition coefficient (Wildman–Crippen LogP) is 2.22. The highest BCUT2D eigenvalue weighted by Gasteiger charge is 2.10. The summed E-state index contributed by atoms with van der Waals surface area (Å²) >= 11 is 0. The molecule has 0 heterocycles. The van der Waals surface area contributed by atoms with Crippen molar-refractivity contribution >= 4 is 11.9 Å². The van der Waals surface area contributed by atoms with Crippen LogP contribution in [0.5, 0.6) is 0 Å². The van der Waals surface area contributed by atoms with Gasteiger partial charge in [-0.15, -0.1) is 0 Å². The lowest BCUT2D eigenvalue weighted by Crippen LogP contribution is -2.24. The van der Waals surface area contributed by atoms with E-state index in [1.54, 1.807) is 0 Å². The first-order valence-electron chi connectivity index (χ1n) is 5.39. The topological polar surface area (TPSA) is 66.4 Å². The van der Waals surface area contributed by atoms with E-state index in [1.165, 1.54) is 18.2 Å². The molecule has 0 radical (unpaired) electrons. The molecule has 0 saturated heterocycles. The number of nitrogens with one attached hydrogen (secondary N) is 1. The van der Waals surface area contributed by atoms with Gasteiger partial charge in [0.1, 0.15) is 0 Å². The van der Waals surface area contributed by atoms with Gasteiger partial charge in [-0.3, -0.25) is 9.59 Å². The molecule has 0 aliphatic rings. The van der Waals surface area contributed by atoms with Crippen molar-refractivity contribution in [1.82, 2.24) is 5.32 Å². The molecule has 1 amide bonds. The first-order valence-corrected chi connectivity index (χ1v) is 5.39. The summed E-state index contributed by atoms with van der Waals surface area (Å²) in [5, 5.41) is 10.9. The SMILES string of the molecule is O=C(O)CCCNC(=O)c1cccc(C(F)F)c1. The quantitative estimate of drug-likeness (QED) is 0.768. The number of carboxylic acid groups (broad SMARTS) is 1. The molecule has 4 nitrogen and oxygen atoms in total. The van der Waals surface area contributed by atoms with Crippen LogP contribution in [0.1, 0.15) is 35.2 Å². The second-order valence-electron chi connectivity index (χ2n) is 3.68. The van der Waals surface area contributed by atoms with Crippen LogP contribution in [0.2, 0.25) is 0 Å². The van der Waals surface area contributed by atoms with Gasteiger partial charge in [0.2, 0.25) is 0 Å². The van der Waals surface area contributed by atoms with Gasteiger partial charge in [0.05, 0.1) is 0 Å². The van der Waals surface area contributed by atoms with Gasteiger partial charge < -0.3 is 10.4 Å². The van der Waals surface area contributed by atoms with Gasteiger partial charge in [-0.25, -0.2) is 8.78 Å². The second kappa shape index (κ2) is 6.68. The number of amides is 1. The lowest BCUT2D eigenvalue weighted by atomic mass is 10.1. The summed E-state index contributed by atoms with van der Waals surface area (Å²) < 4.78 is 24.8. The highest BCUT2D eigenvalue weighted by molar-refractivity contribution is 5.94. The van der Waals surface area contributed by atoms with Crippen molar-refractivity contribution in [2.75, 3.05) is 6.54 Å². The van der Waals surface area contributed by atoms with Gasteiger partial charge in [-0.2, -0.15) is 0 Å². The molecule has 18 heavy (non-hydrogen) atoms. The number of benzene rings is 1. The zero-order valence-corrected chi connectivity index (χ0v) is 9.53. The van der Waals surface area contributed by atoms with Crippen LogP contribution in [0, 0.1) is 0 Å². The van der Waals surface area contributed by atoms with Crippen LogP contribution in [0.4, 0.5) is 8.78 Å². The fraction of sp³-hybridized carbons (Fsp3) is 0.333.